The quantitative estimate of drug-likeness (QED) is 0.479. The van der Waals surface area contributed by atoms with Gasteiger partial charge in [-0.2, -0.15) is 4.99 Å². The lowest BCUT2D eigenvalue weighted by Crippen LogP contribution is -1.93. The van der Waals surface area contributed by atoms with Crippen LogP contribution >= 0.6 is 11.6 Å². The number of benzene rings is 2. The van der Waals surface area contributed by atoms with Gasteiger partial charge in [-0.25, -0.2) is 10.2 Å². The Morgan fingerprint density at radius 1 is 1.24 bits per heavy atom. The molecule has 0 saturated heterocycles. The van der Waals surface area contributed by atoms with E-state index in [0.717, 1.165) is 21.9 Å². The largest absolute Gasteiger partial charge is 0.496 e. The van der Waals surface area contributed by atoms with E-state index in [4.69, 9.17) is 21.7 Å². The van der Waals surface area contributed by atoms with Crippen LogP contribution in [0.2, 0.25) is 5.02 Å². The standard InChI is InChI=1S/C11H10N2O2.C8H9ClO/c1-15-11(14)7-6-9-4-2-3-5-10(9)13-8-12;1-6-5-7(9)3-4-8(6)10-2/h2-7,12H,1H3;3-5H,1-2H3/b7-6+;. The molecular formula is C19H19ClN2O3. The van der Waals surface area contributed by atoms with Crippen molar-refractivity contribution in [3.05, 3.63) is 64.7 Å². The van der Waals surface area contributed by atoms with Crippen LogP contribution in [0.15, 0.2) is 53.5 Å². The number of ether oxygens (including phenoxy) is 2. The third kappa shape index (κ3) is 7.04. The van der Waals surface area contributed by atoms with Gasteiger partial charge < -0.3 is 9.47 Å². The molecule has 0 spiro atoms. The molecule has 1 N–H and O–H groups in total. The van der Waals surface area contributed by atoms with Crippen molar-refractivity contribution in [3.8, 4) is 5.75 Å². The minimum atomic E-state index is -0.427. The van der Waals surface area contributed by atoms with E-state index < -0.39 is 5.97 Å². The number of carbonyl (C=O) groups is 1. The predicted molar refractivity (Wildman–Crippen MR) is 100 cm³/mol. The van der Waals surface area contributed by atoms with Gasteiger partial charge in [0.1, 0.15) is 5.75 Å². The second-order valence-electron chi connectivity index (χ2n) is 4.75. The van der Waals surface area contributed by atoms with Gasteiger partial charge in [-0.05, 0) is 42.8 Å². The van der Waals surface area contributed by atoms with E-state index in [-0.39, 0.29) is 0 Å². The number of aryl methyl sites for hydroxylation is 1. The summed E-state index contributed by atoms with van der Waals surface area (Å²) < 4.78 is 9.50. The van der Waals surface area contributed by atoms with E-state index in [1.807, 2.05) is 37.2 Å². The fraction of sp³-hybridized carbons (Fsp3) is 0.158. The summed E-state index contributed by atoms with van der Waals surface area (Å²) in [6, 6.07) is 14.6. The van der Waals surface area contributed by atoms with E-state index in [1.54, 1.807) is 31.4 Å². The summed E-state index contributed by atoms with van der Waals surface area (Å²) in [6.07, 6.45) is 2.89. The molecule has 0 aliphatic carbocycles. The van der Waals surface area contributed by atoms with Crippen molar-refractivity contribution in [1.82, 2.24) is 0 Å². The van der Waals surface area contributed by atoms with Crippen LogP contribution in [0.1, 0.15) is 11.1 Å². The van der Waals surface area contributed by atoms with E-state index in [0.29, 0.717) is 5.69 Å². The summed E-state index contributed by atoms with van der Waals surface area (Å²) in [6.45, 7) is 1.96. The van der Waals surface area contributed by atoms with Crippen molar-refractivity contribution in [3.63, 3.8) is 0 Å². The van der Waals surface area contributed by atoms with Crippen molar-refractivity contribution < 1.29 is 14.3 Å². The maximum absolute atomic E-state index is 10.9. The van der Waals surface area contributed by atoms with E-state index in [1.165, 1.54) is 13.2 Å². The Morgan fingerprint density at radius 3 is 2.56 bits per heavy atom. The van der Waals surface area contributed by atoms with Crippen molar-refractivity contribution >= 4 is 35.3 Å². The third-order valence-electron chi connectivity index (χ3n) is 3.07. The van der Waals surface area contributed by atoms with Gasteiger partial charge in [0.25, 0.3) is 0 Å². The summed E-state index contributed by atoms with van der Waals surface area (Å²) in [5.41, 5.74) is 2.39. The van der Waals surface area contributed by atoms with Gasteiger partial charge in [-0.1, -0.05) is 29.8 Å². The second kappa shape index (κ2) is 10.8. The minimum Gasteiger partial charge on any atom is -0.496 e. The Labute approximate surface area is 152 Å². The maximum Gasteiger partial charge on any atom is 0.330 e. The molecule has 6 heteroatoms. The second-order valence-corrected chi connectivity index (χ2v) is 5.19. The molecule has 0 bridgehead atoms. The van der Waals surface area contributed by atoms with Crippen molar-refractivity contribution in [2.45, 2.75) is 6.92 Å². The smallest absolute Gasteiger partial charge is 0.330 e. The number of hydrogen-bond donors (Lipinski definition) is 1. The van der Waals surface area contributed by atoms with Gasteiger partial charge >= 0.3 is 5.97 Å². The van der Waals surface area contributed by atoms with Gasteiger partial charge in [-0.15, -0.1) is 0 Å². The summed E-state index contributed by atoms with van der Waals surface area (Å²) >= 11 is 5.72. The molecule has 0 amide bonds. The van der Waals surface area contributed by atoms with E-state index in [9.17, 15) is 4.79 Å². The summed E-state index contributed by atoms with van der Waals surface area (Å²) in [5, 5.41) is 7.51. The molecule has 5 nitrogen and oxygen atoms in total. The highest BCUT2D eigenvalue weighted by Gasteiger charge is 1.97. The molecule has 0 aliphatic heterocycles. The molecule has 0 unspecified atom stereocenters. The molecule has 0 atom stereocenters. The summed E-state index contributed by atoms with van der Waals surface area (Å²) in [5.74, 6) is 0.452. The molecule has 25 heavy (non-hydrogen) atoms. The van der Waals surface area contributed by atoms with E-state index in [2.05, 4.69) is 9.73 Å². The van der Waals surface area contributed by atoms with Gasteiger partial charge in [0.15, 0.2) is 0 Å². The van der Waals surface area contributed by atoms with Crippen LogP contribution in [0.3, 0.4) is 0 Å². The molecule has 0 saturated carbocycles. The molecule has 130 valence electrons. The molecule has 0 aliphatic rings. The lowest BCUT2D eigenvalue weighted by molar-refractivity contribution is -0.134. The lowest BCUT2D eigenvalue weighted by atomic mass is 10.1. The Morgan fingerprint density at radius 2 is 1.96 bits per heavy atom. The highest BCUT2D eigenvalue weighted by molar-refractivity contribution is 6.30. The number of esters is 1. The Balaban J connectivity index is 0.000000271. The first-order valence-corrected chi connectivity index (χ1v) is 7.67. The zero-order valence-corrected chi connectivity index (χ0v) is 15.0. The summed E-state index contributed by atoms with van der Waals surface area (Å²) in [4.78, 5) is 14.6. The van der Waals surface area contributed by atoms with E-state index >= 15 is 0 Å². The minimum absolute atomic E-state index is 0.427. The first kappa shape index (κ1) is 20.2. The van der Waals surface area contributed by atoms with Gasteiger partial charge in [0.2, 0.25) is 0 Å². The molecule has 0 fully saturated rings. The number of nitrogens with zero attached hydrogens (tertiary/aromatic N) is 1. The van der Waals surface area contributed by atoms with Crippen LogP contribution in [0.25, 0.3) is 6.08 Å². The Bertz CT molecular complexity index is 797. The average molecular weight is 359 g/mol. The zero-order chi connectivity index (χ0) is 18.7. The van der Waals surface area contributed by atoms with Crippen molar-refractivity contribution in [1.29, 1.82) is 5.41 Å². The van der Waals surface area contributed by atoms with Gasteiger partial charge in [0, 0.05) is 16.7 Å². The monoisotopic (exact) mass is 358 g/mol. The topological polar surface area (TPSA) is 71.7 Å². The maximum atomic E-state index is 10.9. The first-order chi connectivity index (χ1) is 12.0. The van der Waals surface area contributed by atoms with Gasteiger partial charge in [-0.3, -0.25) is 0 Å². The van der Waals surface area contributed by atoms with Crippen molar-refractivity contribution in [2.24, 2.45) is 4.99 Å². The third-order valence-corrected chi connectivity index (χ3v) is 3.31. The van der Waals surface area contributed by atoms with Crippen LogP contribution in [-0.4, -0.2) is 26.2 Å². The van der Waals surface area contributed by atoms with Crippen LogP contribution in [0, 0.1) is 12.3 Å². The molecular weight excluding hydrogens is 340 g/mol. The van der Waals surface area contributed by atoms with Crippen LogP contribution < -0.4 is 4.74 Å². The SMILES string of the molecule is COC(=O)/C=C/c1ccccc1N=C=N.COc1ccc(Cl)cc1C. The molecule has 0 heterocycles. The predicted octanol–water partition coefficient (Wildman–Crippen LogP) is 4.91. The Hall–Kier alpha value is -2.88. The Kier molecular flexibility index (Phi) is 8.72. The van der Waals surface area contributed by atoms with Crippen molar-refractivity contribution in [2.75, 3.05) is 14.2 Å². The van der Waals surface area contributed by atoms with Gasteiger partial charge in [0.05, 0.1) is 25.9 Å². The average Bonchev–Trinajstić information content (AvgIpc) is 2.61. The van der Waals surface area contributed by atoms with Crippen LogP contribution in [0.4, 0.5) is 5.69 Å². The highest BCUT2D eigenvalue weighted by Crippen LogP contribution is 2.21. The summed E-state index contributed by atoms with van der Waals surface area (Å²) in [7, 11) is 2.96. The molecule has 0 aromatic heterocycles. The fourth-order valence-corrected chi connectivity index (χ4v) is 2.08. The molecule has 2 aromatic carbocycles. The number of aliphatic imine (C=N–C) groups is 1. The number of carbonyl (C=O) groups excluding carboxylic acids is 1. The number of para-hydroxylation sites is 1. The number of nitrogens with one attached hydrogen (secondary N) is 1. The lowest BCUT2D eigenvalue weighted by Gasteiger charge is -2.02. The van der Waals surface area contributed by atoms with Crippen LogP contribution in [0.5, 0.6) is 5.75 Å². The highest BCUT2D eigenvalue weighted by atomic mass is 35.5. The first-order valence-electron chi connectivity index (χ1n) is 7.29. The molecule has 0 radical (unpaired) electrons. The molecule has 2 aromatic rings. The normalized spacial score (nSPS) is 9.60. The van der Waals surface area contributed by atoms with Crippen LogP contribution in [-0.2, 0) is 9.53 Å². The number of rotatable bonds is 4. The molecule has 2 rings (SSSR count). The number of hydrogen-bond acceptors (Lipinski definition) is 5. The number of halogens is 1. The zero-order valence-electron chi connectivity index (χ0n) is 14.2. The number of methoxy groups -OCH3 is 2. The fourth-order valence-electron chi connectivity index (χ4n) is 1.86.